The van der Waals surface area contributed by atoms with Crippen molar-refractivity contribution in [1.82, 2.24) is 4.31 Å². The zero-order valence-electron chi connectivity index (χ0n) is 9.71. The molecule has 0 radical (unpaired) electrons. The fraction of sp³-hybridized carbons (Fsp3) is 0.364. The minimum Gasteiger partial charge on any atom is -0.481 e. The van der Waals surface area contributed by atoms with E-state index in [1.54, 1.807) is 6.07 Å². The number of carboxylic acids is 1. The first-order chi connectivity index (χ1) is 8.82. The second kappa shape index (κ2) is 5.40. The van der Waals surface area contributed by atoms with Crippen molar-refractivity contribution in [1.29, 1.82) is 0 Å². The average Bonchev–Trinajstić information content (AvgIpc) is 2.78. The van der Waals surface area contributed by atoms with Crippen molar-refractivity contribution in [2.24, 2.45) is 5.92 Å². The number of aliphatic carboxylic acids is 1. The molecule has 0 amide bonds. The van der Waals surface area contributed by atoms with Gasteiger partial charge in [0.25, 0.3) is 0 Å². The molecule has 104 valence electrons. The van der Waals surface area contributed by atoms with Crippen LogP contribution < -0.4 is 0 Å². The van der Waals surface area contributed by atoms with Gasteiger partial charge in [0.15, 0.2) is 0 Å². The van der Waals surface area contributed by atoms with Crippen LogP contribution in [0.5, 0.6) is 0 Å². The van der Waals surface area contributed by atoms with E-state index in [1.807, 2.05) is 0 Å². The molecule has 1 N–H and O–H groups in total. The van der Waals surface area contributed by atoms with Crippen molar-refractivity contribution in [2.75, 3.05) is 13.1 Å². The lowest BCUT2D eigenvalue weighted by Crippen LogP contribution is -2.30. The number of hydrogen-bond acceptors (Lipinski definition) is 3. The van der Waals surface area contributed by atoms with Gasteiger partial charge in [0, 0.05) is 17.6 Å². The number of benzene rings is 1. The maximum Gasteiger partial charge on any atom is 0.307 e. The number of hydrogen-bond donors (Lipinski definition) is 1. The highest BCUT2D eigenvalue weighted by atomic mass is 79.9. The molecule has 0 bridgehead atoms. The molecule has 0 aliphatic carbocycles. The Hall–Kier alpha value is -0.630. The predicted molar refractivity (Wildman–Crippen MR) is 73.7 cm³/mol. The fourth-order valence-electron chi connectivity index (χ4n) is 1.97. The van der Waals surface area contributed by atoms with Crippen molar-refractivity contribution in [3.05, 3.63) is 27.7 Å². The van der Waals surface area contributed by atoms with Crippen molar-refractivity contribution >= 4 is 43.5 Å². The summed E-state index contributed by atoms with van der Waals surface area (Å²) in [5, 5.41) is 9.02. The molecule has 0 spiro atoms. The second-order valence-corrected chi connectivity index (χ2v) is 7.49. The van der Waals surface area contributed by atoms with Gasteiger partial charge >= 0.3 is 5.97 Å². The van der Waals surface area contributed by atoms with Gasteiger partial charge in [0.05, 0.1) is 10.9 Å². The highest BCUT2D eigenvalue weighted by Gasteiger charge is 2.36. The molecule has 8 heteroatoms. The van der Waals surface area contributed by atoms with E-state index in [4.69, 9.17) is 16.7 Å². The second-order valence-electron chi connectivity index (χ2n) is 4.26. The first kappa shape index (κ1) is 14.8. The molecule has 0 saturated carbocycles. The number of carbonyl (C=O) groups is 1. The summed E-state index contributed by atoms with van der Waals surface area (Å²) in [4.78, 5) is 10.9. The fourth-order valence-corrected chi connectivity index (χ4v) is 4.48. The van der Waals surface area contributed by atoms with E-state index in [2.05, 4.69) is 15.9 Å². The Labute approximate surface area is 124 Å². The van der Waals surface area contributed by atoms with Gasteiger partial charge in [-0.15, -0.1) is 0 Å². The average molecular weight is 369 g/mol. The highest BCUT2D eigenvalue weighted by molar-refractivity contribution is 9.10. The Morgan fingerprint density at radius 3 is 2.68 bits per heavy atom. The Kier molecular flexibility index (Phi) is 4.20. The van der Waals surface area contributed by atoms with Crippen molar-refractivity contribution in [3.8, 4) is 0 Å². The van der Waals surface area contributed by atoms with E-state index in [-0.39, 0.29) is 23.0 Å². The van der Waals surface area contributed by atoms with Gasteiger partial charge < -0.3 is 5.11 Å². The first-order valence-electron chi connectivity index (χ1n) is 5.50. The summed E-state index contributed by atoms with van der Waals surface area (Å²) in [7, 11) is -3.74. The third-order valence-electron chi connectivity index (χ3n) is 3.01. The number of halogens is 2. The van der Waals surface area contributed by atoms with Gasteiger partial charge in [0.2, 0.25) is 10.0 Å². The zero-order chi connectivity index (χ0) is 14.2. The molecule has 1 aliphatic rings. The summed E-state index contributed by atoms with van der Waals surface area (Å²) in [5.41, 5.74) is 0. The predicted octanol–water partition coefficient (Wildman–Crippen LogP) is 2.20. The molecule has 1 atom stereocenters. The summed E-state index contributed by atoms with van der Waals surface area (Å²) >= 11 is 9.14. The van der Waals surface area contributed by atoms with Crippen LogP contribution in [0.1, 0.15) is 6.42 Å². The lowest BCUT2D eigenvalue weighted by Gasteiger charge is -2.16. The van der Waals surface area contributed by atoms with Crippen LogP contribution in [0, 0.1) is 5.92 Å². The quantitative estimate of drug-likeness (QED) is 0.887. The number of nitrogens with zero attached hydrogens (tertiary/aromatic N) is 1. The standard InChI is InChI=1S/C11H11BrClNO4S/c12-8-1-2-10(9(13)5-8)19(17,18)14-4-3-7(6-14)11(15)16/h1-2,5,7H,3-4,6H2,(H,15,16)/t7-/m1/s1. The normalized spacial score (nSPS) is 20.6. The van der Waals surface area contributed by atoms with Gasteiger partial charge in [-0.2, -0.15) is 4.31 Å². The minimum atomic E-state index is -3.74. The molecule has 2 rings (SSSR count). The Balaban J connectivity index is 2.31. The topological polar surface area (TPSA) is 74.7 Å². The molecule has 0 unspecified atom stereocenters. The number of rotatable bonds is 3. The summed E-state index contributed by atoms with van der Waals surface area (Å²) in [5.74, 6) is -1.62. The Morgan fingerprint density at radius 1 is 1.47 bits per heavy atom. The molecule has 1 aromatic carbocycles. The molecule has 1 saturated heterocycles. The lowest BCUT2D eigenvalue weighted by molar-refractivity contribution is -0.141. The van der Waals surface area contributed by atoms with Crippen LogP contribution in [-0.2, 0) is 14.8 Å². The molecule has 19 heavy (non-hydrogen) atoms. The lowest BCUT2D eigenvalue weighted by atomic mass is 10.1. The van der Waals surface area contributed by atoms with Gasteiger partial charge in [-0.3, -0.25) is 4.79 Å². The number of carboxylic acid groups (broad SMARTS) is 1. The summed E-state index contributed by atoms with van der Waals surface area (Å²) in [6, 6.07) is 4.50. The summed E-state index contributed by atoms with van der Waals surface area (Å²) < 4.78 is 26.6. The maximum atomic E-state index is 12.4. The largest absolute Gasteiger partial charge is 0.481 e. The number of sulfonamides is 1. The first-order valence-corrected chi connectivity index (χ1v) is 8.11. The van der Waals surface area contributed by atoms with Crippen molar-refractivity contribution in [3.63, 3.8) is 0 Å². The smallest absolute Gasteiger partial charge is 0.307 e. The minimum absolute atomic E-state index is 0.00315. The molecular weight excluding hydrogens is 358 g/mol. The third-order valence-corrected chi connectivity index (χ3v) is 5.85. The molecule has 1 heterocycles. The summed E-state index contributed by atoms with van der Waals surface area (Å²) in [6.45, 7) is 0.190. The van der Waals surface area contributed by atoms with E-state index in [0.29, 0.717) is 10.9 Å². The van der Waals surface area contributed by atoms with E-state index < -0.39 is 21.9 Å². The van der Waals surface area contributed by atoms with Crippen LogP contribution in [-0.4, -0.2) is 36.9 Å². The van der Waals surface area contributed by atoms with Gasteiger partial charge in [0.1, 0.15) is 4.90 Å². The molecule has 1 fully saturated rings. The maximum absolute atomic E-state index is 12.4. The van der Waals surface area contributed by atoms with Gasteiger partial charge in [-0.25, -0.2) is 8.42 Å². The SMILES string of the molecule is O=C(O)[C@@H]1CCN(S(=O)(=O)c2ccc(Br)cc2Cl)C1. The van der Waals surface area contributed by atoms with Crippen LogP contribution in [0.15, 0.2) is 27.6 Å². The molecule has 1 aromatic rings. The molecule has 5 nitrogen and oxygen atoms in total. The van der Waals surface area contributed by atoms with Gasteiger partial charge in [-0.1, -0.05) is 27.5 Å². The van der Waals surface area contributed by atoms with Crippen LogP contribution in [0.4, 0.5) is 0 Å². The van der Waals surface area contributed by atoms with Crippen LogP contribution >= 0.6 is 27.5 Å². The van der Waals surface area contributed by atoms with Crippen molar-refractivity contribution < 1.29 is 18.3 Å². The van der Waals surface area contributed by atoms with E-state index in [1.165, 1.54) is 16.4 Å². The van der Waals surface area contributed by atoms with Gasteiger partial charge in [-0.05, 0) is 24.6 Å². The zero-order valence-corrected chi connectivity index (χ0v) is 12.9. The van der Waals surface area contributed by atoms with Crippen molar-refractivity contribution in [2.45, 2.75) is 11.3 Å². The molecule has 0 aromatic heterocycles. The Bertz CT molecular complexity index is 619. The van der Waals surface area contributed by atoms with Crippen LogP contribution in [0.3, 0.4) is 0 Å². The van der Waals surface area contributed by atoms with Crippen LogP contribution in [0.25, 0.3) is 0 Å². The summed E-state index contributed by atoms with van der Waals surface area (Å²) in [6.07, 6.45) is 0.322. The molecular formula is C11H11BrClNO4S. The molecule has 1 aliphatic heterocycles. The van der Waals surface area contributed by atoms with E-state index in [0.717, 1.165) is 0 Å². The van der Waals surface area contributed by atoms with Crippen LogP contribution in [0.2, 0.25) is 5.02 Å². The van der Waals surface area contributed by atoms with E-state index >= 15 is 0 Å². The third kappa shape index (κ3) is 2.94. The Morgan fingerprint density at radius 2 is 2.16 bits per heavy atom. The van der Waals surface area contributed by atoms with E-state index in [9.17, 15) is 13.2 Å². The highest BCUT2D eigenvalue weighted by Crippen LogP contribution is 2.30. The monoisotopic (exact) mass is 367 g/mol.